The van der Waals surface area contributed by atoms with E-state index in [1.165, 1.54) is 37.3 Å². The summed E-state index contributed by atoms with van der Waals surface area (Å²) in [5.41, 5.74) is 2.55. The normalized spacial score (nSPS) is 16.2. The van der Waals surface area contributed by atoms with E-state index in [0.29, 0.717) is 0 Å². The van der Waals surface area contributed by atoms with Gasteiger partial charge in [-0.1, -0.05) is 6.07 Å². The van der Waals surface area contributed by atoms with Crippen LogP contribution in [-0.2, 0) is 0 Å². The third kappa shape index (κ3) is 1.77. The largest absolute Gasteiger partial charge is 0.388 e. The number of nitrogens with one attached hydrogen (secondary N) is 1. The van der Waals surface area contributed by atoms with Crippen LogP contribution in [0.25, 0.3) is 0 Å². The lowest BCUT2D eigenvalue weighted by molar-refractivity contribution is 0.949. The predicted molar refractivity (Wildman–Crippen MR) is 57.4 cm³/mol. The fourth-order valence-corrected chi connectivity index (χ4v) is 1.83. The Bertz CT molecular complexity index is 277. The van der Waals surface area contributed by atoms with Crippen LogP contribution in [0.1, 0.15) is 12.8 Å². The number of anilines is 2. The summed E-state index contributed by atoms with van der Waals surface area (Å²) in [6.07, 6.45) is 2.67. The van der Waals surface area contributed by atoms with E-state index in [4.69, 9.17) is 0 Å². The van der Waals surface area contributed by atoms with Gasteiger partial charge < -0.3 is 10.2 Å². The van der Waals surface area contributed by atoms with Crippen molar-refractivity contribution in [3.8, 4) is 0 Å². The smallest absolute Gasteiger partial charge is 0.0386 e. The highest BCUT2D eigenvalue weighted by molar-refractivity contribution is 5.58. The minimum absolute atomic E-state index is 1.20. The molecule has 2 nitrogen and oxygen atoms in total. The molecule has 1 aromatic carbocycles. The van der Waals surface area contributed by atoms with Crippen LogP contribution >= 0.6 is 0 Å². The van der Waals surface area contributed by atoms with Crippen LogP contribution in [0.5, 0.6) is 0 Å². The second kappa shape index (κ2) is 3.69. The van der Waals surface area contributed by atoms with Gasteiger partial charge in [0.1, 0.15) is 0 Å². The van der Waals surface area contributed by atoms with E-state index >= 15 is 0 Å². The summed E-state index contributed by atoms with van der Waals surface area (Å²) in [5, 5.41) is 3.16. The molecular weight excluding hydrogens is 160 g/mol. The molecule has 0 spiro atoms. The van der Waals surface area contributed by atoms with Crippen LogP contribution in [-0.4, -0.2) is 20.1 Å². The van der Waals surface area contributed by atoms with Crippen molar-refractivity contribution in [2.75, 3.05) is 30.4 Å². The summed E-state index contributed by atoms with van der Waals surface area (Å²) in [7, 11) is 1.96. The molecule has 0 amide bonds. The Labute approximate surface area is 79.6 Å². The first kappa shape index (κ1) is 8.42. The van der Waals surface area contributed by atoms with E-state index in [1.54, 1.807) is 0 Å². The molecule has 0 atom stereocenters. The Morgan fingerprint density at radius 2 is 2.00 bits per heavy atom. The molecule has 0 aromatic heterocycles. The Balaban J connectivity index is 2.18. The third-order valence-electron chi connectivity index (χ3n) is 2.61. The lowest BCUT2D eigenvalue weighted by Gasteiger charge is -2.18. The zero-order valence-electron chi connectivity index (χ0n) is 8.09. The summed E-state index contributed by atoms with van der Waals surface area (Å²) < 4.78 is 0. The number of hydrogen-bond donors (Lipinski definition) is 1. The molecule has 13 heavy (non-hydrogen) atoms. The zero-order valence-corrected chi connectivity index (χ0v) is 8.09. The minimum Gasteiger partial charge on any atom is -0.388 e. The van der Waals surface area contributed by atoms with E-state index in [1.807, 2.05) is 7.05 Å². The molecule has 1 aliphatic heterocycles. The molecule has 1 heterocycles. The van der Waals surface area contributed by atoms with Crippen LogP contribution in [0.3, 0.4) is 0 Å². The summed E-state index contributed by atoms with van der Waals surface area (Å²) >= 11 is 0. The molecule has 2 heteroatoms. The molecule has 1 N–H and O–H groups in total. The van der Waals surface area contributed by atoms with Crippen molar-refractivity contribution in [1.29, 1.82) is 0 Å². The van der Waals surface area contributed by atoms with Crippen molar-refractivity contribution in [3.63, 3.8) is 0 Å². The maximum absolute atomic E-state index is 3.16. The molecule has 0 bridgehead atoms. The number of nitrogens with zero attached hydrogens (tertiary/aromatic N) is 1. The van der Waals surface area contributed by atoms with Crippen molar-refractivity contribution in [2.45, 2.75) is 12.8 Å². The van der Waals surface area contributed by atoms with Crippen molar-refractivity contribution < 1.29 is 0 Å². The average molecular weight is 176 g/mol. The number of hydrogen-bond acceptors (Lipinski definition) is 2. The number of benzene rings is 1. The number of rotatable bonds is 2. The monoisotopic (exact) mass is 176 g/mol. The standard InChI is InChI=1S/C11H16N2/c1-12-10-5-4-6-11(9-10)13-7-2-3-8-13/h4-6,9,12H,2-3,7-8H2,1H3. The molecular formula is C11H16N2. The first-order chi connectivity index (χ1) is 6.40. The van der Waals surface area contributed by atoms with E-state index in [2.05, 4.69) is 34.5 Å². The van der Waals surface area contributed by atoms with Gasteiger partial charge in [-0.2, -0.15) is 0 Å². The van der Waals surface area contributed by atoms with Crippen molar-refractivity contribution in [2.24, 2.45) is 0 Å². The average Bonchev–Trinajstić information content (AvgIpc) is 2.71. The molecule has 0 unspecified atom stereocenters. The minimum atomic E-state index is 1.20. The van der Waals surface area contributed by atoms with Gasteiger partial charge in [0.15, 0.2) is 0 Å². The van der Waals surface area contributed by atoms with Gasteiger partial charge in [0.25, 0.3) is 0 Å². The molecule has 1 aliphatic rings. The molecule has 1 aromatic rings. The lowest BCUT2D eigenvalue weighted by atomic mass is 10.2. The fraction of sp³-hybridized carbons (Fsp3) is 0.455. The second-order valence-electron chi connectivity index (χ2n) is 3.49. The van der Waals surface area contributed by atoms with Gasteiger partial charge in [-0.3, -0.25) is 0 Å². The highest BCUT2D eigenvalue weighted by Crippen LogP contribution is 2.22. The van der Waals surface area contributed by atoms with Gasteiger partial charge in [0, 0.05) is 31.5 Å². The van der Waals surface area contributed by atoms with Crippen LogP contribution in [0.4, 0.5) is 11.4 Å². The Morgan fingerprint density at radius 1 is 1.23 bits per heavy atom. The second-order valence-corrected chi connectivity index (χ2v) is 3.49. The third-order valence-corrected chi connectivity index (χ3v) is 2.61. The Kier molecular flexibility index (Phi) is 2.39. The first-order valence-corrected chi connectivity index (χ1v) is 4.93. The fourth-order valence-electron chi connectivity index (χ4n) is 1.83. The Hall–Kier alpha value is -1.18. The first-order valence-electron chi connectivity index (χ1n) is 4.93. The summed E-state index contributed by atoms with van der Waals surface area (Å²) in [6.45, 7) is 2.43. The van der Waals surface area contributed by atoms with E-state index in [9.17, 15) is 0 Å². The van der Waals surface area contributed by atoms with Crippen molar-refractivity contribution >= 4 is 11.4 Å². The summed E-state index contributed by atoms with van der Waals surface area (Å²) in [6, 6.07) is 8.61. The molecule has 0 radical (unpaired) electrons. The highest BCUT2D eigenvalue weighted by atomic mass is 15.1. The van der Waals surface area contributed by atoms with Crippen LogP contribution < -0.4 is 10.2 Å². The highest BCUT2D eigenvalue weighted by Gasteiger charge is 2.11. The topological polar surface area (TPSA) is 15.3 Å². The van der Waals surface area contributed by atoms with Gasteiger partial charge in [0.05, 0.1) is 0 Å². The van der Waals surface area contributed by atoms with Gasteiger partial charge in [-0.05, 0) is 31.0 Å². The molecule has 2 rings (SSSR count). The maximum atomic E-state index is 3.16. The lowest BCUT2D eigenvalue weighted by Crippen LogP contribution is -2.17. The van der Waals surface area contributed by atoms with Crippen molar-refractivity contribution in [1.82, 2.24) is 0 Å². The SMILES string of the molecule is CNc1cccc(N2CCCC2)c1. The quantitative estimate of drug-likeness (QED) is 0.744. The Morgan fingerprint density at radius 3 is 2.69 bits per heavy atom. The van der Waals surface area contributed by atoms with Crippen LogP contribution in [0.2, 0.25) is 0 Å². The molecule has 1 saturated heterocycles. The molecule has 70 valence electrons. The van der Waals surface area contributed by atoms with Gasteiger partial charge in [-0.15, -0.1) is 0 Å². The van der Waals surface area contributed by atoms with E-state index < -0.39 is 0 Å². The zero-order chi connectivity index (χ0) is 9.10. The van der Waals surface area contributed by atoms with Gasteiger partial charge >= 0.3 is 0 Å². The van der Waals surface area contributed by atoms with Gasteiger partial charge in [-0.25, -0.2) is 0 Å². The molecule has 0 saturated carbocycles. The predicted octanol–water partition coefficient (Wildman–Crippen LogP) is 2.33. The van der Waals surface area contributed by atoms with E-state index in [-0.39, 0.29) is 0 Å². The van der Waals surface area contributed by atoms with Crippen molar-refractivity contribution in [3.05, 3.63) is 24.3 Å². The van der Waals surface area contributed by atoms with Gasteiger partial charge in [0.2, 0.25) is 0 Å². The maximum Gasteiger partial charge on any atom is 0.0386 e. The summed E-state index contributed by atoms with van der Waals surface area (Å²) in [4.78, 5) is 2.45. The molecule has 1 fully saturated rings. The van der Waals surface area contributed by atoms with E-state index in [0.717, 1.165) is 0 Å². The summed E-state index contributed by atoms with van der Waals surface area (Å²) in [5.74, 6) is 0. The van der Waals surface area contributed by atoms with Crippen LogP contribution in [0.15, 0.2) is 24.3 Å². The van der Waals surface area contributed by atoms with Crippen LogP contribution in [0, 0.1) is 0 Å². The molecule has 0 aliphatic carbocycles.